The zero-order valence-electron chi connectivity index (χ0n) is 22.4. The first kappa shape index (κ1) is 36.6. The van der Waals surface area contributed by atoms with Gasteiger partial charge in [-0.25, -0.2) is 4.79 Å². The number of carbonyl (C=O) groups is 4. The number of hydrogen-bond donors (Lipinski definition) is 3. The number of rotatable bonds is 30. The lowest BCUT2D eigenvalue weighted by molar-refractivity contribution is -0.146. The summed E-state index contributed by atoms with van der Waals surface area (Å²) < 4.78 is 41.7. The number of carbonyl (C=O) groups excluding carboxylic acids is 2. The molecule has 0 saturated heterocycles. The van der Waals surface area contributed by atoms with Crippen LogP contribution in [0.5, 0.6) is 0 Å². The third kappa shape index (κ3) is 31.7. The standard InChI is InChI=1S/C24H43NO14/c26-21(19-38-20-23(29)30)25-5-6-32-7-8-33-9-10-34-11-12-35-13-14-36-15-16-37-17-18-39-24(31)4-2-1-3-22(27)28/h1-20H2,(H,25,26)(H,27,28)(H,29,30). The zero-order chi connectivity index (χ0) is 28.8. The van der Waals surface area contributed by atoms with Crippen LogP contribution in [0.2, 0.25) is 0 Å². The minimum atomic E-state index is -1.13. The molecule has 0 radical (unpaired) electrons. The minimum absolute atomic E-state index is 0.0509. The van der Waals surface area contributed by atoms with Gasteiger partial charge in [0.05, 0.1) is 79.3 Å². The Bertz CT molecular complexity index is 634. The molecule has 0 rings (SSSR count). The fraction of sp³-hybridized carbons (Fsp3) is 0.833. The molecular formula is C24H43NO14. The molecule has 39 heavy (non-hydrogen) atoms. The molecule has 1 amide bonds. The second-order valence-corrected chi connectivity index (χ2v) is 7.73. The monoisotopic (exact) mass is 569 g/mol. The highest BCUT2D eigenvalue weighted by Gasteiger charge is 2.05. The van der Waals surface area contributed by atoms with E-state index in [0.29, 0.717) is 85.5 Å². The predicted molar refractivity (Wildman–Crippen MR) is 133 cm³/mol. The van der Waals surface area contributed by atoms with Gasteiger partial charge in [-0.3, -0.25) is 14.4 Å². The van der Waals surface area contributed by atoms with Crippen molar-refractivity contribution >= 4 is 23.8 Å². The molecule has 0 aliphatic rings. The van der Waals surface area contributed by atoms with Crippen molar-refractivity contribution in [3.05, 3.63) is 0 Å². The van der Waals surface area contributed by atoms with E-state index in [1.165, 1.54) is 0 Å². The molecule has 0 aromatic carbocycles. The average Bonchev–Trinajstić information content (AvgIpc) is 2.89. The van der Waals surface area contributed by atoms with E-state index in [-0.39, 0.29) is 45.2 Å². The van der Waals surface area contributed by atoms with E-state index in [1.807, 2.05) is 0 Å². The number of carboxylic acid groups (broad SMARTS) is 2. The van der Waals surface area contributed by atoms with Gasteiger partial charge in [0.15, 0.2) is 0 Å². The topological polar surface area (TPSA) is 195 Å². The lowest BCUT2D eigenvalue weighted by atomic mass is 10.2. The maximum Gasteiger partial charge on any atom is 0.329 e. The molecule has 15 heteroatoms. The second-order valence-electron chi connectivity index (χ2n) is 7.73. The molecule has 0 bridgehead atoms. The van der Waals surface area contributed by atoms with Crippen LogP contribution in [-0.2, 0) is 57.1 Å². The first-order valence-corrected chi connectivity index (χ1v) is 12.8. The van der Waals surface area contributed by atoms with E-state index in [0.717, 1.165) is 0 Å². The van der Waals surface area contributed by atoms with E-state index >= 15 is 0 Å². The van der Waals surface area contributed by atoms with Crippen LogP contribution in [0.15, 0.2) is 0 Å². The molecule has 0 heterocycles. The van der Waals surface area contributed by atoms with Crippen molar-refractivity contribution in [1.82, 2.24) is 5.32 Å². The molecule has 228 valence electrons. The molecule has 0 aliphatic heterocycles. The van der Waals surface area contributed by atoms with Crippen molar-refractivity contribution in [3.8, 4) is 0 Å². The van der Waals surface area contributed by atoms with Gasteiger partial charge in [0.25, 0.3) is 0 Å². The molecule has 3 N–H and O–H groups in total. The number of nitrogens with one attached hydrogen (secondary N) is 1. The van der Waals surface area contributed by atoms with Crippen molar-refractivity contribution in [2.45, 2.75) is 25.7 Å². The summed E-state index contributed by atoms with van der Waals surface area (Å²) in [6, 6.07) is 0. The largest absolute Gasteiger partial charge is 0.481 e. The minimum Gasteiger partial charge on any atom is -0.481 e. The first-order valence-electron chi connectivity index (χ1n) is 12.8. The predicted octanol–water partition coefficient (Wildman–Crippen LogP) is -0.508. The Morgan fingerprint density at radius 3 is 1.38 bits per heavy atom. The van der Waals surface area contributed by atoms with E-state index in [2.05, 4.69) is 10.1 Å². The molecule has 0 aromatic heterocycles. The van der Waals surface area contributed by atoms with Gasteiger partial charge in [0.1, 0.15) is 19.8 Å². The molecule has 0 unspecified atom stereocenters. The van der Waals surface area contributed by atoms with Gasteiger partial charge in [-0.05, 0) is 12.8 Å². The van der Waals surface area contributed by atoms with Crippen molar-refractivity contribution < 1.29 is 67.3 Å². The Kier molecular flexibility index (Phi) is 26.8. The summed E-state index contributed by atoms with van der Waals surface area (Å²) in [5.41, 5.74) is 0. The van der Waals surface area contributed by atoms with Gasteiger partial charge >= 0.3 is 17.9 Å². The van der Waals surface area contributed by atoms with Crippen LogP contribution in [0.4, 0.5) is 0 Å². The van der Waals surface area contributed by atoms with Crippen LogP contribution in [-0.4, -0.2) is 140 Å². The summed E-state index contributed by atoms with van der Waals surface area (Å²) in [5.74, 6) is -2.77. The lowest BCUT2D eigenvalue weighted by Crippen LogP contribution is -2.31. The van der Waals surface area contributed by atoms with Gasteiger partial charge in [-0.1, -0.05) is 0 Å². The molecule has 0 aromatic rings. The summed E-state index contributed by atoms with van der Waals surface area (Å²) in [7, 11) is 0. The lowest BCUT2D eigenvalue weighted by Gasteiger charge is -2.09. The van der Waals surface area contributed by atoms with Crippen LogP contribution in [0.1, 0.15) is 25.7 Å². The summed E-state index contributed by atoms with van der Waals surface area (Å²) in [6.07, 6.45) is 1.19. The summed E-state index contributed by atoms with van der Waals surface area (Å²) in [5, 5.41) is 19.4. The maximum absolute atomic E-state index is 11.4. The fourth-order valence-electron chi connectivity index (χ4n) is 2.58. The Morgan fingerprint density at radius 1 is 0.487 bits per heavy atom. The molecule has 15 nitrogen and oxygen atoms in total. The summed E-state index contributed by atoms with van der Waals surface area (Å²) >= 11 is 0. The number of aliphatic carboxylic acids is 2. The SMILES string of the molecule is O=C(O)CCCCC(=O)OCCOCCOCCOCCOCCOCCOCCNC(=O)COCC(=O)O. The van der Waals surface area contributed by atoms with Crippen LogP contribution in [0.25, 0.3) is 0 Å². The second kappa shape index (κ2) is 28.6. The Hall–Kier alpha value is -2.40. The third-order valence-electron chi connectivity index (χ3n) is 4.40. The molecular weight excluding hydrogens is 526 g/mol. The van der Waals surface area contributed by atoms with Crippen LogP contribution in [0.3, 0.4) is 0 Å². The van der Waals surface area contributed by atoms with Crippen LogP contribution >= 0.6 is 0 Å². The smallest absolute Gasteiger partial charge is 0.329 e. The number of ether oxygens (including phenoxy) is 8. The third-order valence-corrected chi connectivity index (χ3v) is 4.40. The zero-order valence-corrected chi connectivity index (χ0v) is 22.4. The van der Waals surface area contributed by atoms with Gasteiger partial charge in [0.2, 0.25) is 5.91 Å². The van der Waals surface area contributed by atoms with Crippen LogP contribution < -0.4 is 5.32 Å². The van der Waals surface area contributed by atoms with E-state index in [9.17, 15) is 19.2 Å². The van der Waals surface area contributed by atoms with Gasteiger partial charge in [-0.2, -0.15) is 0 Å². The average molecular weight is 570 g/mol. The van der Waals surface area contributed by atoms with Gasteiger partial charge < -0.3 is 53.4 Å². The fourth-order valence-corrected chi connectivity index (χ4v) is 2.58. The summed E-state index contributed by atoms with van der Waals surface area (Å²) in [6.45, 7) is 4.22. The van der Waals surface area contributed by atoms with Crippen LogP contribution in [0, 0.1) is 0 Å². The Morgan fingerprint density at radius 2 is 0.923 bits per heavy atom. The molecule has 0 fully saturated rings. The summed E-state index contributed by atoms with van der Waals surface area (Å²) in [4.78, 5) is 43.4. The van der Waals surface area contributed by atoms with Crippen molar-refractivity contribution in [3.63, 3.8) is 0 Å². The van der Waals surface area contributed by atoms with E-state index in [1.54, 1.807) is 0 Å². The molecule has 0 saturated carbocycles. The molecule has 0 aliphatic carbocycles. The quantitative estimate of drug-likeness (QED) is 0.0739. The normalized spacial score (nSPS) is 10.9. The van der Waals surface area contributed by atoms with Crippen molar-refractivity contribution in [2.24, 2.45) is 0 Å². The highest BCUT2D eigenvalue weighted by atomic mass is 16.6. The number of esters is 1. The van der Waals surface area contributed by atoms with Gasteiger partial charge in [0, 0.05) is 19.4 Å². The molecule has 0 atom stereocenters. The number of unbranched alkanes of at least 4 members (excludes halogenated alkanes) is 1. The maximum atomic E-state index is 11.4. The highest BCUT2D eigenvalue weighted by Crippen LogP contribution is 2.01. The van der Waals surface area contributed by atoms with Gasteiger partial charge in [-0.15, -0.1) is 0 Å². The van der Waals surface area contributed by atoms with Crippen molar-refractivity contribution in [1.29, 1.82) is 0 Å². The Balaban J connectivity index is 3.17. The Labute approximate surface area is 228 Å². The van der Waals surface area contributed by atoms with Crippen molar-refractivity contribution in [2.75, 3.05) is 106 Å². The van der Waals surface area contributed by atoms with E-state index in [4.69, 9.17) is 43.4 Å². The number of hydrogen-bond acceptors (Lipinski definition) is 12. The van der Waals surface area contributed by atoms with E-state index < -0.39 is 24.5 Å². The molecule has 0 spiro atoms. The highest BCUT2D eigenvalue weighted by molar-refractivity contribution is 5.77. The number of carboxylic acids is 2. The number of amides is 1. The first-order chi connectivity index (χ1) is 18.9.